The van der Waals surface area contributed by atoms with E-state index in [1.807, 2.05) is 13.8 Å². The van der Waals surface area contributed by atoms with Crippen LogP contribution >= 0.6 is 0 Å². The van der Waals surface area contributed by atoms with Crippen molar-refractivity contribution in [2.24, 2.45) is 17.6 Å². The molecule has 0 saturated heterocycles. The zero-order valence-corrected chi connectivity index (χ0v) is 12.7. The lowest BCUT2D eigenvalue weighted by Gasteiger charge is -2.16. The number of rotatable bonds is 9. The van der Waals surface area contributed by atoms with Crippen LogP contribution in [0.3, 0.4) is 0 Å². The summed E-state index contributed by atoms with van der Waals surface area (Å²) >= 11 is 0. The lowest BCUT2D eigenvalue weighted by molar-refractivity contribution is -0.128. The summed E-state index contributed by atoms with van der Waals surface area (Å²) in [5.74, 6) is 0.651. The van der Waals surface area contributed by atoms with Gasteiger partial charge >= 0.3 is 0 Å². The minimum absolute atomic E-state index is 0.0731. The molecule has 0 aliphatic carbocycles. The summed E-state index contributed by atoms with van der Waals surface area (Å²) in [6.07, 6.45) is 2.18. The lowest BCUT2D eigenvalue weighted by atomic mass is 10.0. The molecule has 4 N–H and O–H groups in total. The van der Waals surface area contributed by atoms with Gasteiger partial charge in [-0.1, -0.05) is 20.8 Å². The SMILES string of the molecule is CC(C)CNC(=O)C(C)NC(=O)CCC(C)CCN. The van der Waals surface area contributed by atoms with Crippen molar-refractivity contribution in [3.05, 3.63) is 0 Å². The summed E-state index contributed by atoms with van der Waals surface area (Å²) in [6, 6.07) is -0.476. The number of hydrogen-bond donors (Lipinski definition) is 3. The molecule has 0 aromatic heterocycles. The molecule has 5 nitrogen and oxygen atoms in total. The third kappa shape index (κ3) is 9.47. The van der Waals surface area contributed by atoms with Gasteiger partial charge in [-0.2, -0.15) is 0 Å². The third-order valence-electron chi connectivity index (χ3n) is 2.98. The van der Waals surface area contributed by atoms with Crippen molar-refractivity contribution < 1.29 is 9.59 Å². The number of nitrogens with one attached hydrogen (secondary N) is 2. The van der Waals surface area contributed by atoms with Crippen molar-refractivity contribution >= 4 is 11.8 Å². The molecule has 0 aromatic carbocycles. The first kappa shape index (κ1) is 17.9. The first-order valence-electron chi connectivity index (χ1n) is 7.14. The minimum atomic E-state index is -0.476. The van der Waals surface area contributed by atoms with Crippen molar-refractivity contribution in [3.63, 3.8) is 0 Å². The molecule has 0 rings (SSSR count). The highest BCUT2D eigenvalue weighted by Crippen LogP contribution is 2.08. The zero-order valence-electron chi connectivity index (χ0n) is 12.7. The molecule has 0 aromatic rings. The monoisotopic (exact) mass is 271 g/mol. The Morgan fingerprint density at radius 1 is 1.11 bits per heavy atom. The van der Waals surface area contributed by atoms with Gasteiger partial charge in [0.05, 0.1) is 0 Å². The van der Waals surface area contributed by atoms with E-state index >= 15 is 0 Å². The molecule has 0 saturated carbocycles. The molecule has 0 spiro atoms. The number of amides is 2. The molecule has 2 amide bonds. The molecule has 0 bridgehead atoms. The minimum Gasteiger partial charge on any atom is -0.354 e. The summed E-state index contributed by atoms with van der Waals surface area (Å²) in [4.78, 5) is 23.4. The molecule has 0 fully saturated rings. The summed E-state index contributed by atoms with van der Waals surface area (Å²) in [7, 11) is 0. The molecule has 0 aliphatic rings. The molecule has 19 heavy (non-hydrogen) atoms. The zero-order chi connectivity index (χ0) is 14.8. The predicted octanol–water partition coefficient (Wildman–Crippen LogP) is 1.03. The van der Waals surface area contributed by atoms with Gasteiger partial charge in [-0.25, -0.2) is 0 Å². The highest BCUT2D eigenvalue weighted by Gasteiger charge is 2.15. The van der Waals surface area contributed by atoms with Crippen LogP contribution in [0.1, 0.15) is 47.0 Å². The van der Waals surface area contributed by atoms with Gasteiger partial charge in [0.15, 0.2) is 0 Å². The Hall–Kier alpha value is -1.10. The van der Waals surface area contributed by atoms with Gasteiger partial charge in [0.2, 0.25) is 11.8 Å². The van der Waals surface area contributed by atoms with Gasteiger partial charge in [-0.15, -0.1) is 0 Å². The van der Waals surface area contributed by atoms with Gasteiger partial charge in [-0.3, -0.25) is 9.59 Å². The van der Waals surface area contributed by atoms with Crippen LogP contribution in [0.4, 0.5) is 0 Å². The van der Waals surface area contributed by atoms with Crippen molar-refractivity contribution in [3.8, 4) is 0 Å². The van der Waals surface area contributed by atoms with Crippen LogP contribution in [-0.2, 0) is 9.59 Å². The molecular weight excluding hydrogens is 242 g/mol. The molecule has 2 unspecified atom stereocenters. The summed E-state index contributed by atoms with van der Waals surface area (Å²) in [5, 5.41) is 5.52. The molecule has 0 aliphatic heterocycles. The Bertz CT molecular complexity index is 280. The molecule has 112 valence electrons. The van der Waals surface area contributed by atoms with E-state index < -0.39 is 6.04 Å². The van der Waals surface area contributed by atoms with Crippen LogP contribution in [0.2, 0.25) is 0 Å². The van der Waals surface area contributed by atoms with E-state index in [0.717, 1.165) is 12.8 Å². The van der Waals surface area contributed by atoms with E-state index in [1.54, 1.807) is 6.92 Å². The maximum absolute atomic E-state index is 11.7. The fraction of sp³-hybridized carbons (Fsp3) is 0.857. The average molecular weight is 271 g/mol. The molecule has 5 heteroatoms. The van der Waals surface area contributed by atoms with Crippen molar-refractivity contribution in [1.82, 2.24) is 10.6 Å². The van der Waals surface area contributed by atoms with E-state index in [4.69, 9.17) is 5.73 Å². The Balaban J connectivity index is 3.88. The van der Waals surface area contributed by atoms with Crippen LogP contribution in [-0.4, -0.2) is 30.9 Å². The Kier molecular flexibility index (Phi) is 9.21. The van der Waals surface area contributed by atoms with Gasteiger partial charge in [0, 0.05) is 13.0 Å². The maximum Gasteiger partial charge on any atom is 0.242 e. The van der Waals surface area contributed by atoms with Crippen molar-refractivity contribution in [1.29, 1.82) is 0 Å². The largest absolute Gasteiger partial charge is 0.354 e. The third-order valence-corrected chi connectivity index (χ3v) is 2.98. The highest BCUT2D eigenvalue weighted by atomic mass is 16.2. The number of carbonyl (C=O) groups is 2. The van der Waals surface area contributed by atoms with Crippen LogP contribution in [0.5, 0.6) is 0 Å². The quantitative estimate of drug-likeness (QED) is 0.585. The second-order valence-electron chi connectivity index (χ2n) is 5.65. The number of hydrogen-bond acceptors (Lipinski definition) is 3. The van der Waals surface area contributed by atoms with Crippen LogP contribution in [0.25, 0.3) is 0 Å². The first-order chi connectivity index (χ1) is 8.86. The van der Waals surface area contributed by atoms with Crippen molar-refractivity contribution in [2.45, 2.75) is 53.0 Å². The molecule has 0 heterocycles. The fourth-order valence-electron chi connectivity index (χ4n) is 1.64. The summed E-state index contributed by atoms with van der Waals surface area (Å²) < 4.78 is 0. The number of nitrogens with two attached hydrogens (primary N) is 1. The normalized spacial score (nSPS) is 14.0. The first-order valence-corrected chi connectivity index (χ1v) is 7.14. The second-order valence-corrected chi connectivity index (χ2v) is 5.65. The van der Waals surface area contributed by atoms with Crippen molar-refractivity contribution in [2.75, 3.05) is 13.1 Å². The summed E-state index contributed by atoms with van der Waals surface area (Å²) in [5.41, 5.74) is 5.46. The van der Waals surface area contributed by atoms with Gasteiger partial charge in [0.1, 0.15) is 6.04 Å². The highest BCUT2D eigenvalue weighted by molar-refractivity contribution is 5.87. The Morgan fingerprint density at radius 3 is 2.26 bits per heavy atom. The standard InChI is InChI=1S/C14H29N3O2/c1-10(2)9-16-14(19)12(4)17-13(18)6-5-11(3)7-8-15/h10-12H,5-9,15H2,1-4H3,(H,16,19)(H,17,18). The van der Waals surface area contributed by atoms with Gasteiger partial charge < -0.3 is 16.4 Å². The number of carbonyl (C=O) groups excluding carboxylic acids is 2. The van der Waals surface area contributed by atoms with E-state index in [0.29, 0.717) is 31.3 Å². The smallest absolute Gasteiger partial charge is 0.242 e. The van der Waals surface area contributed by atoms with E-state index in [9.17, 15) is 9.59 Å². The summed E-state index contributed by atoms with van der Waals surface area (Å²) in [6.45, 7) is 9.13. The van der Waals surface area contributed by atoms with Crippen LogP contribution in [0.15, 0.2) is 0 Å². The van der Waals surface area contributed by atoms with E-state index in [2.05, 4.69) is 17.6 Å². The van der Waals surface area contributed by atoms with Crippen LogP contribution < -0.4 is 16.4 Å². The maximum atomic E-state index is 11.7. The van der Waals surface area contributed by atoms with E-state index in [1.165, 1.54) is 0 Å². The molecule has 2 atom stereocenters. The molecular formula is C14H29N3O2. The fourth-order valence-corrected chi connectivity index (χ4v) is 1.64. The predicted molar refractivity (Wildman–Crippen MR) is 77.5 cm³/mol. The topological polar surface area (TPSA) is 84.2 Å². The van der Waals surface area contributed by atoms with Gasteiger partial charge in [-0.05, 0) is 38.1 Å². The lowest BCUT2D eigenvalue weighted by Crippen LogP contribution is -2.45. The average Bonchev–Trinajstić information content (AvgIpc) is 2.33. The second kappa shape index (κ2) is 9.78. The Labute approximate surface area is 116 Å². The van der Waals surface area contributed by atoms with Gasteiger partial charge in [0.25, 0.3) is 0 Å². The Morgan fingerprint density at radius 2 is 1.74 bits per heavy atom. The van der Waals surface area contributed by atoms with Crippen LogP contribution in [0, 0.1) is 11.8 Å². The molecule has 0 radical (unpaired) electrons. The van der Waals surface area contributed by atoms with E-state index in [-0.39, 0.29) is 11.8 Å².